The zero-order valence-electron chi connectivity index (χ0n) is 12.4. The van der Waals surface area contributed by atoms with Crippen molar-refractivity contribution < 1.29 is 23.9 Å². The van der Waals surface area contributed by atoms with Gasteiger partial charge in [-0.2, -0.15) is 11.8 Å². The second kappa shape index (κ2) is 11.9. The number of hydrogen-bond acceptors (Lipinski definition) is 7. The molecule has 6 nitrogen and oxygen atoms in total. The van der Waals surface area contributed by atoms with E-state index in [9.17, 15) is 14.4 Å². The number of nitrogens with zero attached hydrogens (tertiary/aromatic N) is 1. The van der Waals surface area contributed by atoms with Gasteiger partial charge in [-0.3, -0.25) is 9.64 Å². The SMILES string of the molecule is [C-]#[N+]C(C=C(C(=O)CSC)C(=O)OCCC=S)C(=O)OCC. The van der Waals surface area contributed by atoms with Crippen molar-refractivity contribution in [3.05, 3.63) is 23.1 Å². The van der Waals surface area contributed by atoms with Crippen LogP contribution in [0.15, 0.2) is 11.6 Å². The Morgan fingerprint density at radius 1 is 1.36 bits per heavy atom. The molecule has 0 aromatic rings. The van der Waals surface area contributed by atoms with Gasteiger partial charge in [-0.25, -0.2) is 16.2 Å². The minimum absolute atomic E-state index is 0.0360. The van der Waals surface area contributed by atoms with Gasteiger partial charge in [-0.15, -0.1) is 0 Å². The highest BCUT2D eigenvalue weighted by Crippen LogP contribution is 2.10. The molecule has 22 heavy (non-hydrogen) atoms. The number of thioether (sulfide) groups is 1. The Morgan fingerprint density at radius 3 is 2.55 bits per heavy atom. The van der Waals surface area contributed by atoms with E-state index in [4.69, 9.17) is 16.0 Å². The first-order valence-corrected chi connectivity index (χ1v) is 8.26. The Hall–Kier alpha value is -1.72. The van der Waals surface area contributed by atoms with Crippen molar-refractivity contribution in [2.24, 2.45) is 0 Å². The molecule has 0 fully saturated rings. The molecule has 0 aliphatic rings. The number of esters is 2. The van der Waals surface area contributed by atoms with Crippen molar-refractivity contribution >= 4 is 47.1 Å². The van der Waals surface area contributed by atoms with E-state index < -0.39 is 23.8 Å². The maximum absolute atomic E-state index is 12.0. The monoisotopic (exact) mass is 343 g/mol. The van der Waals surface area contributed by atoms with E-state index in [0.717, 1.165) is 6.08 Å². The Kier molecular flexibility index (Phi) is 11.0. The first-order valence-electron chi connectivity index (χ1n) is 6.39. The zero-order valence-corrected chi connectivity index (χ0v) is 14.0. The van der Waals surface area contributed by atoms with Crippen LogP contribution >= 0.6 is 24.0 Å². The van der Waals surface area contributed by atoms with Gasteiger partial charge in [0.15, 0.2) is 5.78 Å². The molecule has 0 bridgehead atoms. The van der Waals surface area contributed by atoms with E-state index in [1.54, 1.807) is 13.2 Å². The normalized spacial score (nSPS) is 12.0. The molecule has 0 amide bonds. The van der Waals surface area contributed by atoms with Crippen LogP contribution in [-0.4, -0.2) is 54.4 Å². The standard InChI is InChI=1S/C14H17NO5S2/c1-4-19-14(18)11(15-2)8-10(12(16)9-22-3)13(17)20-6-5-7-21/h7-8,11H,4-6,9H2,1,3H3. The first kappa shape index (κ1) is 20.3. The van der Waals surface area contributed by atoms with Crippen LogP contribution in [0.5, 0.6) is 0 Å². The van der Waals surface area contributed by atoms with Crippen LogP contribution in [0.25, 0.3) is 4.85 Å². The maximum Gasteiger partial charge on any atom is 0.394 e. The number of Topliss-reactive ketones (excluding diaryl/α,β-unsaturated/α-hetero) is 1. The van der Waals surface area contributed by atoms with E-state index in [1.165, 1.54) is 17.1 Å². The van der Waals surface area contributed by atoms with Crippen molar-refractivity contribution in [3.8, 4) is 0 Å². The molecule has 0 aromatic carbocycles. The van der Waals surface area contributed by atoms with Gasteiger partial charge in [0.2, 0.25) is 0 Å². The molecule has 0 rings (SSSR count). The zero-order chi connectivity index (χ0) is 17.0. The van der Waals surface area contributed by atoms with Crippen LogP contribution < -0.4 is 0 Å². The van der Waals surface area contributed by atoms with Crippen LogP contribution in [-0.2, 0) is 23.9 Å². The van der Waals surface area contributed by atoms with Gasteiger partial charge in [0.1, 0.15) is 5.57 Å². The van der Waals surface area contributed by atoms with E-state index in [1.807, 2.05) is 0 Å². The van der Waals surface area contributed by atoms with Crippen LogP contribution in [0.3, 0.4) is 0 Å². The fraction of sp³-hybridized carbons (Fsp3) is 0.500. The average molecular weight is 343 g/mol. The molecule has 0 N–H and O–H groups in total. The summed E-state index contributed by atoms with van der Waals surface area (Å²) in [7, 11) is 0. The summed E-state index contributed by atoms with van der Waals surface area (Å²) < 4.78 is 9.64. The summed E-state index contributed by atoms with van der Waals surface area (Å²) >= 11 is 5.84. The van der Waals surface area contributed by atoms with Crippen LogP contribution in [0, 0.1) is 6.57 Å². The molecule has 0 spiro atoms. The first-order chi connectivity index (χ1) is 10.5. The van der Waals surface area contributed by atoms with Gasteiger partial charge < -0.3 is 9.47 Å². The summed E-state index contributed by atoms with van der Waals surface area (Å²) in [6.07, 6.45) is 3.07. The number of thiocarbonyl (C=S) groups is 1. The van der Waals surface area contributed by atoms with Crippen molar-refractivity contribution in [2.45, 2.75) is 19.4 Å². The third-order valence-corrected chi connectivity index (χ3v) is 3.04. The predicted octanol–water partition coefficient (Wildman–Crippen LogP) is 1.63. The summed E-state index contributed by atoms with van der Waals surface area (Å²) in [5, 5.41) is 1.40. The molecular weight excluding hydrogens is 326 g/mol. The molecule has 0 saturated carbocycles. The Bertz CT molecular complexity index is 496. The number of carbonyl (C=O) groups is 3. The van der Waals surface area contributed by atoms with Crippen molar-refractivity contribution in [3.63, 3.8) is 0 Å². The largest absolute Gasteiger partial charge is 0.462 e. The van der Waals surface area contributed by atoms with Gasteiger partial charge in [-0.05, 0) is 18.5 Å². The molecule has 1 atom stereocenters. The van der Waals surface area contributed by atoms with E-state index >= 15 is 0 Å². The second-order valence-electron chi connectivity index (χ2n) is 3.85. The molecule has 0 aliphatic carbocycles. The second-order valence-corrected chi connectivity index (χ2v) is 5.05. The molecule has 1 unspecified atom stereocenters. The highest BCUT2D eigenvalue weighted by atomic mass is 32.2. The van der Waals surface area contributed by atoms with Gasteiger partial charge >= 0.3 is 18.0 Å². The molecule has 120 valence electrons. The average Bonchev–Trinajstić information content (AvgIpc) is 2.48. The number of ketones is 1. The molecule has 0 heterocycles. The molecule has 0 radical (unpaired) electrons. The lowest BCUT2D eigenvalue weighted by molar-refractivity contribution is -0.142. The fourth-order valence-corrected chi connectivity index (χ4v) is 1.82. The number of hydrogen-bond donors (Lipinski definition) is 0. The third kappa shape index (κ3) is 7.33. The maximum atomic E-state index is 12.0. The van der Waals surface area contributed by atoms with Crippen LogP contribution in [0.2, 0.25) is 0 Å². The minimum atomic E-state index is -1.35. The van der Waals surface area contributed by atoms with E-state index in [-0.39, 0.29) is 24.5 Å². The Balaban J connectivity index is 5.27. The van der Waals surface area contributed by atoms with Crippen molar-refractivity contribution in [1.82, 2.24) is 0 Å². The number of carbonyl (C=O) groups excluding carboxylic acids is 3. The quantitative estimate of drug-likeness (QED) is 0.113. The van der Waals surface area contributed by atoms with Gasteiger partial charge in [0.05, 0.1) is 19.0 Å². The lowest BCUT2D eigenvalue weighted by Crippen LogP contribution is -2.24. The Morgan fingerprint density at radius 2 is 2.05 bits per heavy atom. The number of ether oxygens (including phenoxy) is 2. The summed E-state index contributed by atoms with van der Waals surface area (Å²) in [4.78, 5) is 38.6. The lowest BCUT2D eigenvalue weighted by Gasteiger charge is -2.07. The summed E-state index contributed by atoms with van der Waals surface area (Å²) in [6.45, 7) is 8.74. The topological polar surface area (TPSA) is 74.0 Å². The predicted molar refractivity (Wildman–Crippen MR) is 87.7 cm³/mol. The van der Waals surface area contributed by atoms with Crippen LogP contribution in [0.1, 0.15) is 13.3 Å². The van der Waals surface area contributed by atoms with E-state index in [2.05, 4.69) is 17.1 Å². The van der Waals surface area contributed by atoms with Crippen molar-refractivity contribution in [1.29, 1.82) is 0 Å². The third-order valence-electron chi connectivity index (χ3n) is 2.26. The van der Waals surface area contributed by atoms with E-state index in [0.29, 0.717) is 6.42 Å². The fourth-order valence-electron chi connectivity index (χ4n) is 1.30. The van der Waals surface area contributed by atoms with Crippen LogP contribution in [0.4, 0.5) is 0 Å². The number of rotatable bonds is 10. The lowest BCUT2D eigenvalue weighted by atomic mass is 10.1. The van der Waals surface area contributed by atoms with Gasteiger partial charge in [0, 0.05) is 12.5 Å². The summed E-state index contributed by atoms with van der Waals surface area (Å²) in [5.74, 6) is -2.13. The Labute approximate surface area is 139 Å². The van der Waals surface area contributed by atoms with Crippen molar-refractivity contribution in [2.75, 3.05) is 25.2 Å². The highest BCUT2D eigenvalue weighted by Gasteiger charge is 2.28. The smallest absolute Gasteiger partial charge is 0.394 e. The van der Waals surface area contributed by atoms with Gasteiger partial charge in [-0.1, -0.05) is 12.2 Å². The van der Waals surface area contributed by atoms with Gasteiger partial charge in [0.25, 0.3) is 0 Å². The summed E-state index contributed by atoms with van der Waals surface area (Å²) in [6, 6.07) is -1.35. The molecule has 8 heteroatoms. The molecular formula is C14H17NO5S2. The highest BCUT2D eigenvalue weighted by molar-refractivity contribution is 7.99. The molecule has 0 aliphatic heterocycles. The molecule has 0 saturated heterocycles. The minimum Gasteiger partial charge on any atom is -0.462 e. The molecule has 0 aromatic heterocycles. The summed E-state index contributed by atoms with van der Waals surface area (Å²) in [5.41, 5.74) is -0.312.